The maximum Gasteiger partial charge on any atom is 0.229 e. The van der Waals surface area contributed by atoms with E-state index in [2.05, 4.69) is 31.3 Å². The fourth-order valence-electron chi connectivity index (χ4n) is 3.23. The van der Waals surface area contributed by atoms with Gasteiger partial charge in [0.2, 0.25) is 20.0 Å². The van der Waals surface area contributed by atoms with Gasteiger partial charge in [-0.2, -0.15) is 0 Å². The topological polar surface area (TPSA) is 121 Å². The molecular weight excluding hydrogens is 460 g/mol. The monoisotopic (exact) mass is 480 g/mol. The molecule has 1 heterocycles. The number of aromatic amines is 1. The summed E-state index contributed by atoms with van der Waals surface area (Å²) in [5, 5.41) is 0. The number of rotatable bonds is 5. The van der Waals surface area contributed by atoms with Crippen molar-refractivity contribution in [3.63, 3.8) is 0 Å². The summed E-state index contributed by atoms with van der Waals surface area (Å²) in [6.45, 7) is 0. The average molecular weight is 481 g/mol. The molecule has 1 aromatic heterocycles. The van der Waals surface area contributed by atoms with E-state index in [1.165, 1.54) is 0 Å². The molecule has 10 heteroatoms. The van der Waals surface area contributed by atoms with E-state index in [1.807, 2.05) is 30.3 Å². The molecule has 0 aliphatic heterocycles. The Morgan fingerprint density at radius 2 is 1.52 bits per heavy atom. The lowest BCUT2D eigenvalue weighted by Crippen LogP contribution is -2.10. The van der Waals surface area contributed by atoms with Gasteiger partial charge in [-0.3, -0.25) is 9.44 Å². The molecule has 0 saturated carbocycles. The third-order valence-corrected chi connectivity index (χ3v) is 5.73. The van der Waals surface area contributed by atoms with Gasteiger partial charge < -0.3 is 4.98 Å². The molecule has 168 valence electrons. The Labute approximate surface area is 192 Å². The third kappa shape index (κ3) is 5.91. The lowest BCUT2D eigenvalue weighted by Gasteiger charge is -2.10. The second-order valence-corrected chi connectivity index (χ2v) is 10.9. The normalized spacial score (nSPS) is 11.6. The van der Waals surface area contributed by atoms with E-state index >= 15 is 0 Å². The Bertz CT molecular complexity index is 1610. The van der Waals surface area contributed by atoms with Gasteiger partial charge in [0.1, 0.15) is 0 Å². The van der Waals surface area contributed by atoms with Gasteiger partial charge in [0, 0.05) is 16.8 Å². The predicted octanol–water partition coefficient (Wildman–Crippen LogP) is 3.37. The first kappa shape index (κ1) is 22.4. The zero-order valence-electron chi connectivity index (χ0n) is 17.7. The number of hydrogen-bond acceptors (Lipinski definition) is 5. The molecule has 0 aliphatic rings. The smallest absolute Gasteiger partial charge is 0.229 e. The minimum atomic E-state index is -3.41. The molecule has 3 N–H and O–H groups in total. The van der Waals surface area contributed by atoms with Gasteiger partial charge in [-0.1, -0.05) is 30.2 Å². The number of nitrogens with zero attached hydrogens (tertiary/aromatic N) is 1. The Kier molecular flexibility index (Phi) is 5.84. The van der Waals surface area contributed by atoms with E-state index in [9.17, 15) is 16.8 Å². The van der Waals surface area contributed by atoms with Gasteiger partial charge in [-0.25, -0.2) is 21.8 Å². The minimum Gasteiger partial charge on any atom is -0.331 e. The minimum absolute atomic E-state index is 0.463. The van der Waals surface area contributed by atoms with Crippen LogP contribution in [-0.4, -0.2) is 39.3 Å². The first-order chi connectivity index (χ1) is 15.6. The lowest BCUT2D eigenvalue weighted by atomic mass is 10.0. The molecule has 4 aromatic rings. The van der Waals surface area contributed by atoms with Gasteiger partial charge in [0.15, 0.2) is 5.82 Å². The fraction of sp³-hybridized carbons (Fsp3) is 0.0870. The highest BCUT2D eigenvalue weighted by atomic mass is 32.2. The number of aromatic nitrogens is 2. The van der Waals surface area contributed by atoms with Crippen molar-refractivity contribution in [1.82, 2.24) is 9.97 Å². The van der Waals surface area contributed by atoms with E-state index in [1.54, 1.807) is 36.4 Å². The quantitative estimate of drug-likeness (QED) is 0.378. The van der Waals surface area contributed by atoms with Crippen LogP contribution in [0.15, 0.2) is 66.7 Å². The van der Waals surface area contributed by atoms with Crippen LogP contribution in [0, 0.1) is 11.8 Å². The van der Waals surface area contributed by atoms with Gasteiger partial charge in [0.25, 0.3) is 0 Å². The van der Waals surface area contributed by atoms with Crippen molar-refractivity contribution in [2.75, 3.05) is 22.0 Å². The summed E-state index contributed by atoms with van der Waals surface area (Å²) in [7, 11) is -6.74. The summed E-state index contributed by atoms with van der Waals surface area (Å²) in [4.78, 5) is 7.65. The summed E-state index contributed by atoms with van der Waals surface area (Å²) in [5.41, 5.74) is 4.72. The van der Waals surface area contributed by atoms with Gasteiger partial charge in [-0.05, 0) is 53.9 Å². The molecule has 33 heavy (non-hydrogen) atoms. The number of H-pyrrole nitrogens is 1. The van der Waals surface area contributed by atoms with Gasteiger partial charge in [0.05, 0.1) is 29.2 Å². The molecule has 3 aromatic carbocycles. The number of imidazole rings is 1. The van der Waals surface area contributed by atoms with Crippen LogP contribution in [0.1, 0.15) is 11.4 Å². The van der Waals surface area contributed by atoms with Crippen LogP contribution >= 0.6 is 0 Å². The number of fused-ring (bicyclic) bond motifs is 1. The van der Waals surface area contributed by atoms with Crippen molar-refractivity contribution in [2.45, 2.75) is 0 Å². The van der Waals surface area contributed by atoms with Crippen LogP contribution in [0.25, 0.3) is 22.2 Å². The summed E-state index contributed by atoms with van der Waals surface area (Å²) < 4.78 is 50.9. The molecule has 0 bridgehead atoms. The van der Waals surface area contributed by atoms with Crippen LogP contribution in [-0.2, 0) is 20.0 Å². The molecule has 0 unspecified atom stereocenters. The second-order valence-electron chi connectivity index (χ2n) is 7.44. The van der Waals surface area contributed by atoms with Gasteiger partial charge >= 0.3 is 0 Å². The molecule has 0 fully saturated rings. The summed E-state index contributed by atoms with van der Waals surface area (Å²) in [6, 6.07) is 19.5. The van der Waals surface area contributed by atoms with Crippen LogP contribution < -0.4 is 9.44 Å². The standard InChI is InChI=1S/C23H20N4O4S2/c1-32(28,29)26-18-11-7-16(8-12-18)9-14-23-24-21-13-10-17(15-22(21)25-23)19-5-3-4-6-20(19)27-33(2,30)31/h3-8,10-13,15,26-27H,1-2H3,(H,24,25). The molecule has 0 saturated heterocycles. The van der Waals surface area contributed by atoms with Crippen molar-refractivity contribution < 1.29 is 16.8 Å². The molecule has 0 aliphatic carbocycles. The first-order valence-corrected chi connectivity index (χ1v) is 13.5. The molecule has 0 spiro atoms. The van der Waals surface area contributed by atoms with E-state index in [0.29, 0.717) is 22.8 Å². The van der Waals surface area contributed by atoms with Crippen molar-refractivity contribution in [3.8, 4) is 23.0 Å². The number of anilines is 2. The number of nitrogens with one attached hydrogen (secondary N) is 3. The summed E-state index contributed by atoms with van der Waals surface area (Å²) in [5.74, 6) is 6.44. The van der Waals surface area contributed by atoms with Crippen molar-refractivity contribution in [1.29, 1.82) is 0 Å². The molecule has 8 nitrogen and oxygen atoms in total. The zero-order chi connectivity index (χ0) is 23.6. The highest BCUT2D eigenvalue weighted by molar-refractivity contribution is 7.92. The summed E-state index contributed by atoms with van der Waals surface area (Å²) in [6.07, 6.45) is 2.21. The second kappa shape index (κ2) is 8.61. The van der Waals surface area contributed by atoms with E-state index in [4.69, 9.17) is 0 Å². The molecule has 0 atom stereocenters. The van der Waals surface area contributed by atoms with Crippen LogP contribution in [0.2, 0.25) is 0 Å². The van der Waals surface area contributed by atoms with E-state index in [-0.39, 0.29) is 0 Å². The lowest BCUT2D eigenvalue weighted by molar-refractivity contribution is 0.605. The molecular formula is C23H20N4O4S2. The SMILES string of the molecule is CS(=O)(=O)Nc1ccc(C#Cc2nc3ccc(-c4ccccc4NS(C)(=O)=O)cc3[nH]2)cc1. The Morgan fingerprint density at radius 1 is 0.818 bits per heavy atom. The summed E-state index contributed by atoms with van der Waals surface area (Å²) >= 11 is 0. The first-order valence-electron chi connectivity index (χ1n) is 9.73. The van der Waals surface area contributed by atoms with Crippen molar-refractivity contribution in [2.24, 2.45) is 0 Å². The maximum absolute atomic E-state index is 11.7. The number of para-hydroxylation sites is 1. The number of benzene rings is 3. The Morgan fingerprint density at radius 3 is 2.21 bits per heavy atom. The molecule has 4 rings (SSSR count). The van der Waals surface area contributed by atoms with E-state index < -0.39 is 20.0 Å². The maximum atomic E-state index is 11.7. The Hall–Kier alpha value is -3.81. The average Bonchev–Trinajstić information content (AvgIpc) is 3.13. The highest BCUT2D eigenvalue weighted by Gasteiger charge is 2.10. The number of hydrogen-bond donors (Lipinski definition) is 3. The highest BCUT2D eigenvalue weighted by Crippen LogP contribution is 2.30. The Balaban J connectivity index is 1.61. The zero-order valence-corrected chi connectivity index (χ0v) is 19.4. The largest absolute Gasteiger partial charge is 0.331 e. The fourth-order valence-corrected chi connectivity index (χ4v) is 4.37. The van der Waals surface area contributed by atoms with Crippen LogP contribution in [0.3, 0.4) is 0 Å². The molecule has 0 radical (unpaired) electrons. The van der Waals surface area contributed by atoms with Crippen molar-refractivity contribution >= 4 is 42.5 Å². The predicted molar refractivity (Wildman–Crippen MR) is 131 cm³/mol. The molecule has 0 amide bonds. The van der Waals surface area contributed by atoms with Crippen LogP contribution in [0.5, 0.6) is 0 Å². The number of sulfonamides is 2. The van der Waals surface area contributed by atoms with Gasteiger partial charge in [-0.15, -0.1) is 0 Å². The third-order valence-electron chi connectivity index (χ3n) is 4.53. The van der Waals surface area contributed by atoms with Crippen molar-refractivity contribution in [3.05, 3.63) is 78.1 Å². The van der Waals surface area contributed by atoms with E-state index in [0.717, 1.165) is 34.7 Å². The van der Waals surface area contributed by atoms with Crippen LogP contribution in [0.4, 0.5) is 11.4 Å².